The quantitative estimate of drug-likeness (QED) is 0.249. The molecule has 4 nitrogen and oxygen atoms in total. The molecule has 0 bridgehead atoms. The normalized spacial score (nSPS) is 14.2. The highest BCUT2D eigenvalue weighted by Gasteiger charge is 2.34. The molecule has 0 aliphatic carbocycles. The molecule has 0 atom stereocenters. The predicted molar refractivity (Wildman–Crippen MR) is 136 cm³/mol. The Balaban J connectivity index is 1.71. The Morgan fingerprint density at radius 3 is 2.52 bits per heavy atom. The number of hydrogen-bond donors (Lipinski definition) is 0. The molecule has 3 rings (SSSR count). The van der Waals surface area contributed by atoms with Gasteiger partial charge in [-0.15, -0.1) is 11.8 Å². The Kier molecular flexibility index (Phi) is 9.38. The summed E-state index contributed by atoms with van der Waals surface area (Å²) in [6.45, 7) is 9.10. The summed E-state index contributed by atoms with van der Waals surface area (Å²) in [5.74, 6) is 8.57. The predicted octanol–water partition coefficient (Wildman–Crippen LogP) is 6.27. The van der Waals surface area contributed by atoms with Crippen LogP contribution in [0.2, 0.25) is 0 Å². The lowest BCUT2D eigenvalue weighted by Gasteiger charge is -2.38. The summed E-state index contributed by atoms with van der Waals surface area (Å²) >= 11 is 1.99. The number of nitrogens with zero attached hydrogens (tertiary/aromatic N) is 2. The molecule has 1 aromatic carbocycles. The molecule has 1 aromatic heterocycles. The van der Waals surface area contributed by atoms with E-state index in [1.807, 2.05) is 31.1 Å². The van der Waals surface area contributed by atoms with Crippen molar-refractivity contribution in [2.24, 2.45) is 0 Å². The minimum Gasteiger partial charge on any atom is -0.466 e. The van der Waals surface area contributed by atoms with Crippen LogP contribution in [0.4, 0.5) is 0 Å². The highest BCUT2D eigenvalue weighted by Crippen LogP contribution is 2.46. The number of rotatable bonds is 9. The summed E-state index contributed by atoms with van der Waals surface area (Å²) < 4.78 is 4.96. The number of carbonyl (C=O) groups excluding carboxylic acids is 1. The zero-order chi connectivity index (χ0) is 23.7. The number of esters is 1. The SMILES string of the molecule is CCOC(=O)CCCCc1ncc(C#Cc2cc3c(cc2CC)SCCC3(CC)CC)cn1. The van der Waals surface area contributed by atoms with E-state index in [1.54, 1.807) is 0 Å². The smallest absolute Gasteiger partial charge is 0.305 e. The average molecular weight is 465 g/mol. The third-order valence-corrected chi connectivity index (χ3v) is 7.79. The number of unbranched alkanes of at least 4 members (excludes halogenated alkanes) is 1. The Morgan fingerprint density at radius 1 is 1.09 bits per heavy atom. The van der Waals surface area contributed by atoms with E-state index in [2.05, 4.69) is 54.7 Å². The number of carbonyl (C=O) groups is 1. The maximum absolute atomic E-state index is 11.4. The fourth-order valence-electron chi connectivity index (χ4n) is 4.51. The molecule has 0 N–H and O–H groups in total. The van der Waals surface area contributed by atoms with Crippen LogP contribution in [0.25, 0.3) is 0 Å². The van der Waals surface area contributed by atoms with E-state index in [1.165, 1.54) is 41.0 Å². The third-order valence-electron chi connectivity index (χ3n) is 6.73. The third kappa shape index (κ3) is 6.38. The van der Waals surface area contributed by atoms with Crippen LogP contribution < -0.4 is 0 Å². The van der Waals surface area contributed by atoms with Gasteiger partial charge in [0.05, 0.1) is 12.2 Å². The van der Waals surface area contributed by atoms with Gasteiger partial charge in [0.25, 0.3) is 0 Å². The van der Waals surface area contributed by atoms with Gasteiger partial charge in [0.2, 0.25) is 0 Å². The van der Waals surface area contributed by atoms with E-state index in [4.69, 9.17) is 4.74 Å². The first-order valence-corrected chi connectivity index (χ1v) is 13.3. The summed E-state index contributed by atoms with van der Waals surface area (Å²) in [4.78, 5) is 21.8. The molecule has 0 radical (unpaired) electrons. The molecule has 1 aliphatic heterocycles. The highest BCUT2D eigenvalue weighted by atomic mass is 32.2. The fraction of sp³-hybridized carbons (Fsp3) is 0.536. The van der Waals surface area contributed by atoms with Gasteiger partial charge in [-0.3, -0.25) is 4.79 Å². The number of fused-ring (bicyclic) bond motifs is 1. The van der Waals surface area contributed by atoms with Crippen LogP contribution >= 0.6 is 11.8 Å². The van der Waals surface area contributed by atoms with Crippen molar-refractivity contribution in [2.75, 3.05) is 12.4 Å². The minimum absolute atomic E-state index is 0.133. The molecule has 0 unspecified atom stereocenters. The van der Waals surface area contributed by atoms with E-state index < -0.39 is 0 Å². The van der Waals surface area contributed by atoms with Gasteiger partial charge in [0, 0.05) is 35.7 Å². The van der Waals surface area contributed by atoms with Gasteiger partial charge in [0.15, 0.2) is 0 Å². The van der Waals surface area contributed by atoms with Gasteiger partial charge >= 0.3 is 5.97 Å². The maximum Gasteiger partial charge on any atom is 0.305 e. The van der Waals surface area contributed by atoms with Crippen molar-refractivity contribution < 1.29 is 9.53 Å². The summed E-state index contributed by atoms with van der Waals surface area (Å²) in [7, 11) is 0. The number of aryl methyl sites for hydroxylation is 2. The number of benzene rings is 1. The van der Waals surface area contributed by atoms with Crippen molar-refractivity contribution in [2.45, 2.75) is 89.4 Å². The van der Waals surface area contributed by atoms with E-state index in [-0.39, 0.29) is 11.4 Å². The topological polar surface area (TPSA) is 52.1 Å². The van der Waals surface area contributed by atoms with Crippen molar-refractivity contribution in [3.63, 3.8) is 0 Å². The second-order valence-electron chi connectivity index (χ2n) is 8.60. The molecule has 2 heterocycles. The first-order chi connectivity index (χ1) is 16.0. The number of aromatic nitrogens is 2. The molecule has 0 saturated carbocycles. The minimum atomic E-state index is -0.133. The Bertz CT molecular complexity index is 1000. The van der Waals surface area contributed by atoms with E-state index in [0.29, 0.717) is 13.0 Å². The van der Waals surface area contributed by atoms with Crippen molar-refractivity contribution in [3.05, 3.63) is 52.6 Å². The molecule has 176 valence electrons. The van der Waals surface area contributed by atoms with Crippen molar-refractivity contribution in [1.82, 2.24) is 9.97 Å². The lowest BCUT2D eigenvalue weighted by molar-refractivity contribution is -0.143. The first-order valence-electron chi connectivity index (χ1n) is 12.3. The largest absolute Gasteiger partial charge is 0.466 e. The average Bonchev–Trinajstić information content (AvgIpc) is 2.85. The summed E-state index contributed by atoms with van der Waals surface area (Å²) in [5.41, 5.74) is 5.04. The van der Waals surface area contributed by atoms with E-state index in [9.17, 15) is 4.79 Å². The molecule has 5 heteroatoms. The van der Waals surface area contributed by atoms with E-state index in [0.717, 1.165) is 42.6 Å². The van der Waals surface area contributed by atoms with Gasteiger partial charge in [-0.1, -0.05) is 32.6 Å². The van der Waals surface area contributed by atoms with Crippen molar-refractivity contribution in [3.8, 4) is 11.8 Å². The van der Waals surface area contributed by atoms with Crippen LogP contribution in [0, 0.1) is 11.8 Å². The van der Waals surface area contributed by atoms with Crippen LogP contribution in [0.3, 0.4) is 0 Å². The second-order valence-corrected chi connectivity index (χ2v) is 9.73. The lowest BCUT2D eigenvalue weighted by Crippen LogP contribution is -2.29. The molecule has 0 fully saturated rings. The number of ether oxygens (including phenoxy) is 1. The molecular weight excluding hydrogens is 428 g/mol. The van der Waals surface area contributed by atoms with Crippen LogP contribution in [0.5, 0.6) is 0 Å². The second kappa shape index (κ2) is 12.2. The maximum atomic E-state index is 11.4. The summed E-state index contributed by atoms with van der Waals surface area (Å²) in [6.07, 6.45) is 11.0. The standard InChI is InChI=1S/C28H36N2O2S/c1-5-22-18-25-24(28(6-2,7-3)15-16-33-25)17-23(22)14-13-21-19-29-26(30-20-21)11-9-10-12-27(31)32-8-4/h17-20H,5-12,15-16H2,1-4H3. The van der Waals surface area contributed by atoms with Crippen molar-refractivity contribution >= 4 is 17.7 Å². The molecule has 0 saturated heterocycles. The zero-order valence-electron chi connectivity index (χ0n) is 20.5. The Morgan fingerprint density at radius 2 is 1.85 bits per heavy atom. The first kappa shape index (κ1) is 25.3. The highest BCUT2D eigenvalue weighted by molar-refractivity contribution is 7.99. The van der Waals surface area contributed by atoms with Gasteiger partial charge in [0.1, 0.15) is 5.82 Å². The summed E-state index contributed by atoms with van der Waals surface area (Å²) in [5, 5.41) is 0. The van der Waals surface area contributed by atoms with Crippen LogP contribution in [-0.4, -0.2) is 28.3 Å². The Hall–Kier alpha value is -2.32. The van der Waals surface area contributed by atoms with Gasteiger partial charge in [-0.05, 0) is 79.9 Å². The number of thioether (sulfide) groups is 1. The van der Waals surface area contributed by atoms with E-state index >= 15 is 0 Å². The molecule has 2 aromatic rings. The molecule has 0 spiro atoms. The molecule has 0 amide bonds. The summed E-state index contributed by atoms with van der Waals surface area (Å²) in [6, 6.07) is 4.73. The van der Waals surface area contributed by atoms with Gasteiger partial charge < -0.3 is 4.74 Å². The zero-order valence-corrected chi connectivity index (χ0v) is 21.3. The number of hydrogen-bond acceptors (Lipinski definition) is 5. The Labute approximate surface area is 203 Å². The lowest BCUT2D eigenvalue weighted by atomic mass is 9.72. The van der Waals surface area contributed by atoms with Crippen molar-refractivity contribution in [1.29, 1.82) is 0 Å². The van der Waals surface area contributed by atoms with Crippen LogP contribution in [-0.2, 0) is 27.8 Å². The van der Waals surface area contributed by atoms with Gasteiger partial charge in [-0.25, -0.2) is 9.97 Å². The monoisotopic (exact) mass is 464 g/mol. The molecule has 1 aliphatic rings. The van der Waals surface area contributed by atoms with Crippen LogP contribution in [0.1, 0.15) is 94.3 Å². The molecular formula is C28H36N2O2S. The molecule has 33 heavy (non-hydrogen) atoms. The van der Waals surface area contributed by atoms with Crippen LogP contribution in [0.15, 0.2) is 29.4 Å². The van der Waals surface area contributed by atoms with Gasteiger partial charge in [-0.2, -0.15) is 0 Å². The fourth-order valence-corrected chi connectivity index (χ4v) is 5.88.